The molecule has 0 aliphatic rings. The minimum Gasteiger partial charge on any atom is -0.455 e. The van der Waals surface area contributed by atoms with E-state index in [9.17, 15) is 0 Å². The van der Waals surface area contributed by atoms with Gasteiger partial charge in [-0.3, -0.25) is 0 Å². The standard InChI is InChI=1S/C45H29N3O/c1-4-11-30(12-5-1)33-19-23-35(24-20-33)43-46-44(36-25-21-34(22-26-36)31-13-6-2-7-14-31)48-45(47-43)40-18-10-17-39-38-28-27-37(29-41(38)49-42(39)40)32-15-8-3-9-16-32/h1-29H. The number of hydrogen-bond acceptors (Lipinski definition) is 4. The van der Waals surface area contributed by atoms with Crippen LogP contribution in [0.5, 0.6) is 0 Å². The zero-order valence-electron chi connectivity index (χ0n) is 26.5. The topological polar surface area (TPSA) is 51.8 Å². The largest absolute Gasteiger partial charge is 0.455 e. The lowest BCUT2D eigenvalue weighted by Gasteiger charge is -2.10. The molecule has 9 aromatic rings. The number of aromatic nitrogens is 3. The van der Waals surface area contributed by atoms with Crippen molar-refractivity contribution < 1.29 is 4.42 Å². The summed E-state index contributed by atoms with van der Waals surface area (Å²) < 4.78 is 6.62. The summed E-state index contributed by atoms with van der Waals surface area (Å²) in [6.07, 6.45) is 0. The van der Waals surface area contributed by atoms with E-state index in [-0.39, 0.29) is 0 Å². The van der Waals surface area contributed by atoms with Crippen LogP contribution in [0.2, 0.25) is 0 Å². The van der Waals surface area contributed by atoms with Gasteiger partial charge in [-0.15, -0.1) is 0 Å². The number of benzene rings is 7. The van der Waals surface area contributed by atoms with Gasteiger partial charge in [0.1, 0.15) is 11.2 Å². The molecule has 0 saturated heterocycles. The first-order valence-corrected chi connectivity index (χ1v) is 16.4. The first-order chi connectivity index (χ1) is 24.3. The number of furan rings is 1. The number of nitrogens with zero attached hydrogens (tertiary/aromatic N) is 3. The number of rotatable bonds is 6. The Balaban J connectivity index is 1.18. The minimum absolute atomic E-state index is 0.562. The molecule has 9 rings (SSSR count). The Labute approximate surface area is 284 Å². The van der Waals surface area contributed by atoms with Crippen molar-refractivity contribution in [2.45, 2.75) is 0 Å². The predicted molar refractivity (Wildman–Crippen MR) is 200 cm³/mol. The Morgan fingerprint density at radius 2 is 0.735 bits per heavy atom. The van der Waals surface area contributed by atoms with Crippen LogP contribution in [0.25, 0.3) is 89.5 Å². The summed E-state index contributed by atoms with van der Waals surface area (Å²) in [7, 11) is 0. The van der Waals surface area contributed by atoms with Crippen LogP contribution < -0.4 is 0 Å². The van der Waals surface area contributed by atoms with Crippen molar-refractivity contribution in [2.75, 3.05) is 0 Å². The molecule has 0 saturated carbocycles. The maximum absolute atomic E-state index is 6.62. The van der Waals surface area contributed by atoms with Crippen molar-refractivity contribution in [1.82, 2.24) is 15.0 Å². The highest BCUT2D eigenvalue weighted by molar-refractivity contribution is 6.10. The van der Waals surface area contributed by atoms with Crippen molar-refractivity contribution in [1.29, 1.82) is 0 Å². The molecule has 2 aromatic heterocycles. The van der Waals surface area contributed by atoms with Gasteiger partial charge in [0.15, 0.2) is 17.5 Å². The van der Waals surface area contributed by atoms with Crippen LogP contribution in [0, 0.1) is 0 Å². The van der Waals surface area contributed by atoms with Crippen molar-refractivity contribution >= 4 is 21.9 Å². The van der Waals surface area contributed by atoms with Crippen molar-refractivity contribution in [3.8, 4) is 67.5 Å². The van der Waals surface area contributed by atoms with Gasteiger partial charge in [-0.05, 0) is 51.6 Å². The van der Waals surface area contributed by atoms with Gasteiger partial charge in [0.05, 0.1) is 5.56 Å². The zero-order chi connectivity index (χ0) is 32.6. The Morgan fingerprint density at radius 3 is 1.27 bits per heavy atom. The maximum atomic E-state index is 6.62. The zero-order valence-corrected chi connectivity index (χ0v) is 26.5. The first-order valence-electron chi connectivity index (χ1n) is 16.4. The van der Waals surface area contributed by atoms with Gasteiger partial charge >= 0.3 is 0 Å². The third-order valence-corrected chi connectivity index (χ3v) is 8.98. The van der Waals surface area contributed by atoms with Crippen LogP contribution in [0.1, 0.15) is 0 Å². The lowest BCUT2D eigenvalue weighted by atomic mass is 10.0. The highest BCUT2D eigenvalue weighted by Crippen LogP contribution is 2.37. The van der Waals surface area contributed by atoms with Gasteiger partial charge in [0, 0.05) is 21.9 Å². The molecule has 4 nitrogen and oxygen atoms in total. The molecule has 0 bridgehead atoms. The summed E-state index contributed by atoms with van der Waals surface area (Å²) in [5, 5.41) is 2.08. The quantitative estimate of drug-likeness (QED) is 0.184. The maximum Gasteiger partial charge on any atom is 0.167 e. The molecule has 2 heterocycles. The van der Waals surface area contributed by atoms with Crippen LogP contribution >= 0.6 is 0 Å². The van der Waals surface area contributed by atoms with Gasteiger partial charge in [-0.25, -0.2) is 15.0 Å². The smallest absolute Gasteiger partial charge is 0.167 e. The minimum atomic E-state index is 0.562. The molecule has 0 spiro atoms. The van der Waals surface area contributed by atoms with Gasteiger partial charge in [0.25, 0.3) is 0 Å². The molecule has 0 radical (unpaired) electrons. The summed E-state index contributed by atoms with van der Waals surface area (Å²) in [6, 6.07) is 60.5. The fourth-order valence-electron chi connectivity index (χ4n) is 6.42. The first kappa shape index (κ1) is 28.6. The highest BCUT2D eigenvalue weighted by Gasteiger charge is 2.18. The van der Waals surface area contributed by atoms with E-state index in [0.717, 1.165) is 72.0 Å². The second-order valence-corrected chi connectivity index (χ2v) is 12.1. The van der Waals surface area contributed by atoms with Gasteiger partial charge in [-0.2, -0.15) is 0 Å². The molecule has 0 N–H and O–H groups in total. The van der Waals surface area contributed by atoms with E-state index in [4.69, 9.17) is 19.4 Å². The molecule has 0 unspecified atom stereocenters. The molecule has 0 amide bonds. The van der Waals surface area contributed by atoms with E-state index < -0.39 is 0 Å². The van der Waals surface area contributed by atoms with Gasteiger partial charge in [-0.1, -0.05) is 158 Å². The molecule has 0 aliphatic heterocycles. The van der Waals surface area contributed by atoms with Crippen molar-refractivity contribution in [3.05, 3.63) is 176 Å². The fraction of sp³-hybridized carbons (Fsp3) is 0. The molecule has 0 atom stereocenters. The van der Waals surface area contributed by atoms with Crippen LogP contribution in [-0.4, -0.2) is 15.0 Å². The van der Waals surface area contributed by atoms with Crippen molar-refractivity contribution in [3.63, 3.8) is 0 Å². The SMILES string of the molecule is c1ccc(-c2ccc(-c3nc(-c4ccc(-c5ccccc5)cc4)nc(-c4cccc5c4oc4cc(-c6ccccc6)ccc45)n3)cc2)cc1. The van der Waals surface area contributed by atoms with Crippen LogP contribution in [0.3, 0.4) is 0 Å². The molecular weight excluding hydrogens is 599 g/mol. The monoisotopic (exact) mass is 627 g/mol. The van der Waals surface area contributed by atoms with Gasteiger partial charge < -0.3 is 4.42 Å². The normalized spacial score (nSPS) is 11.3. The Morgan fingerprint density at radius 1 is 0.306 bits per heavy atom. The third-order valence-electron chi connectivity index (χ3n) is 8.98. The predicted octanol–water partition coefficient (Wildman–Crippen LogP) is 11.8. The Kier molecular flexibility index (Phi) is 7.10. The fourth-order valence-corrected chi connectivity index (χ4v) is 6.42. The Bertz CT molecular complexity index is 2460. The number of para-hydroxylation sites is 1. The highest BCUT2D eigenvalue weighted by atomic mass is 16.3. The van der Waals surface area contributed by atoms with E-state index in [1.54, 1.807) is 0 Å². The summed E-state index contributed by atoms with van der Waals surface area (Å²) in [5.74, 6) is 1.77. The summed E-state index contributed by atoms with van der Waals surface area (Å²) in [4.78, 5) is 15.2. The third kappa shape index (κ3) is 5.45. The molecular formula is C45H29N3O. The van der Waals surface area contributed by atoms with Crippen LogP contribution in [-0.2, 0) is 0 Å². The van der Waals surface area contributed by atoms with Crippen molar-refractivity contribution in [2.24, 2.45) is 0 Å². The average molecular weight is 628 g/mol. The molecule has 49 heavy (non-hydrogen) atoms. The summed E-state index contributed by atoms with van der Waals surface area (Å²) >= 11 is 0. The Hall–Kier alpha value is -6.65. The molecule has 230 valence electrons. The summed E-state index contributed by atoms with van der Waals surface area (Å²) in [5.41, 5.74) is 11.1. The second kappa shape index (κ2) is 12.2. The van der Waals surface area contributed by atoms with E-state index in [2.05, 4.69) is 146 Å². The average Bonchev–Trinajstić information content (AvgIpc) is 3.57. The van der Waals surface area contributed by atoms with E-state index in [0.29, 0.717) is 17.5 Å². The molecule has 0 aliphatic carbocycles. The number of fused-ring (bicyclic) bond motifs is 3. The van der Waals surface area contributed by atoms with Crippen LogP contribution in [0.4, 0.5) is 0 Å². The number of hydrogen-bond donors (Lipinski definition) is 0. The van der Waals surface area contributed by atoms with E-state index in [1.807, 2.05) is 30.3 Å². The van der Waals surface area contributed by atoms with E-state index >= 15 is 0 Å². The molecule has 4 heteroatoms. The molecule has 7 aromatic carbocycles. The second-order valence-electron chi connectivity index (χ2n) is 12.1. The lowest BCUT2D eigenvalue weighted by Crippen LogP contribution is -2.00. The molecule has 0 fully saturated rings. The summed E-state index contributed by atoms with van der Waals surface area (Å²) in [6.45, 7) is 0. The van der Waals surface area contributed by atoms with E-state index in [1.165, 1.54) is 0 Å². The lowest BCUT2D eigenvalue weighted by molar-refractivity contribution is 0.669. The van der Waals surface area contributed by atoms with Crippen LogP contribution in [0.15, 0.2) is 180 Å². The van der Waals surface area contributed by atoms with Gasteiger partial charge in [0.2, 0.25) is 0 Å².